The molecule has 2 rings (SSSR count). The molecule has 5 nitrogen and oxygen atoms in total. The Morgan fingerprint density at radius 3 is 2.89 bits per heavy atom. The molecule has 7 heteroatoms. The van der Waals surface area contributed by atoms with Crippen molar-refractivity contribution in [3.63, 3.8) is 0 Å². The maximum absolute atomic E-state index is 11.9. The lowest BCUT2D eigenvalue weighted by Crippen LogP contribution is -2.12. The first-order valence-corrected chi connectivity index (χ1v) is 5.78. The Labute approximate surface area is 108 Å². The predicted molar refractivity (Wildman–Crippen MR) is 67.5 cm³/mol. The number of nitrogens with two attached hydrogens (primary N) is 1. The molecule has 0 bridgehead atoms. The van der Waals surface area contributed by atoms with Crippen LogP contribution in [0.5, 0.6) is 5.75 Å². The van der Waals surface area contributed by atoms with Crippen molar-refractivity contribution >= 4 is 17.0 Å². The fourth-order valence-electron chi connectivity index (χ4n) is 1.87. The number of anilines is 1. The Hall–Kier alpha value is -1.89. The zero-order valence-electron chi connectivity index (χ0n) is 10.5. The largest absolute Gasteiger partial charge is 0.494 e. The number of hydrogen-bond donors (Lipinski definition) is 1. The van der Waals surface area contributed by atoms with Crippen molar-refractivity contribution < 1.29 is 18.3 Å². The van der Waals surface area contributed by atoms with Gasteiger partial charge in [0.05, 0.1) is 19.2 Å². The van der Waals surface area contributed by atoms with Gasteiger partial charge < -0.3 is 19.8 Å². The van der Waals surface area contributed by atoms with Crippen LogP contribution >= 0.6 is 0 Å². The maximum Gasteiger partial charge on any atom is 0.261 e. The molecule has 1 aromatic heterocycles. The normalized spacial score (nSPS) is 11.4. The van der Waals surface area contributed by atoms with Crippen molar-refractivity contribution in [2.45, 2.75) is 13.0 Å². The minimum absolute atomic E-state index is 0.150. The molecule has 1 aromatic carbocycles. The molecule has 0 atom stereocenters. The Bertz CT molecular complexity index is 557. The predicted octanol–water partition coefficient (Wildman–Crippen LogP) is 1.91. The molecule has 0 unspecified atom stereocenters. The second-order valence-electron chi connectivity index (χ2n) is 3.92. The van der Waals surface area contributed by atoms with Gasteiger partial charge in [0.15, 0.2) is 0 Å². The summed E-state index contributed by atoms with van der Waals surface area (Å²) in [5.41, 5.74) is 7.25. The van der Waals surface area contributed by atoms with E-state index in [9.17, 15) is 8.78 Å². The minimum atomic E-state index is -2.46. The smallest absolute Gasteiger partial charge is 0.261 e. The Morgan fingerprint density at radius 1 is 1.42 bits per heavy atom. The van der Waals surface area contributed by atoms with Crippen LogP contribution in [-0.4, -0.2) is 36.3 Å². The number of benzene rings is 1. The number of methoxy groups -OCH3 is 1. The molecule has 0 fully saturated rings. The summed E-state index contributed by atoms with van der Waals surface area (Å²) in [6.07, 6.45) is -2.46. The molecule has 0 saturated heterocycles. The number of fused-ring (bicyclic) bond motifs is 1. The third-order valence-corrected chi connectivity index (χ3v) is 2.69. The average Bonchev–Trinajstić information content (AvgIpc) is 2.70. The van der Waals surface area contributed by atoms with Gasteiger partial charge in [-0.25, -0.2) is 13.8 Å². The topological polar surface area (TPSA) is 62.3 Å². The highest BCUT2D eigenvalue weighted by Crippen LogP contribution is 2.26. The molecule has 0 spiro atoms. The highest BCUT2D eigenvalue weighted by atomic mass is 19.3. The van der Waals surface area contributed by atoms with Gasteiger partial charge in [0.1, 0.15) is 17.9 Å². The number of aromatic nitrogens is 2. The molecule has 0 aliphatic rings. The first-order valence-electron chi connectivity index (χ1n) is 5.78. The summed E-state index contributed by atoms with van der Waals surface area (Å²) in [6.45, 7) is -0.0602. The summed E-state index contributed by atoms with van der Waals surface area (Å²) in [5.74, 6) is 0.927. The van der Waals surface area contributed by atoms with E-state index in [4.69, 9.17) is 15.2 Å². The van der Waals surface area contributed by atoms with Gasteiger partial charge in [-0.15, -0.1) is 0 Å². The highest BCUT2D eigenvalue weighted by Gasteiger charge is 2.12. The molecule has 2 aromatic rings. The lowest BCUT2D eigenvalue weighted by Gasteiger charge is -2.07. The minimum Gasteiger partial charge on any atom is -0.494 e. The van der Waals surface area contributed by atoms with Crippen molar-refractivity contribution in [3.05, 3.63) is 18.2 Å². The van der Waals surface area contributed by atoms with Gasteiger partial charge in [-0.1, -0.05) is 6.07 Å². The molecule has 0 saturated carbocycles. The summed E-state index contributed by atoms with van der Waals surface area (Å²) >= 11 is 0. The Balaban J connectivity index is 2.16. The van der Waals surface area contributed by atoms with Gasteiger partial charge in [-0.2, -0.15) is 0 Å². The second-order valence-corrected chi connectivity index (χ2v) is 3.92. The van der Waals surface area contributed by atoms with Crippen LogP contribution in [0.15, 0.2) is 18.2 Å². The van der Waals surface area contributed by atoms with Crippen LogP contribution in [0.1, 0.15) is 0 Å². The molecule has 0 amide bonds. The first-order chi connectivity index (χ1) is 9.13. The van der Waals surface area contributed by atoms with Gasteiger partial charge in [0, 0.05) is 6.54 Å². The molecule has 2 N–H and O–H groups in total. The second kappa shape index (κ2) is 5.83. The van der Waals surface area contributed by atoms with E-state index in [1.54, 1.807) is 17.7 Å². The summed E-state index contributed by atoms with van der Waals surface area (Å²) in [7, 11) is 1.55. The van der Waals surface area contributed by atoms with Crippen LogP contribution in [0, 0.1) is 0 Å². The van der Waals surface area contributed by atoms with Gasteiger partial charge in [0.25, 0.3) is 6.43 Å². The van der Waals surface area contributed by atoms with E-state index in [0.717, 1.165) is 5.52 Å². The number of hydrogen-bond acceptors (Lipinski definition) is 4. The van der Waals surface area contributed by atoms with Crippen LogP contribution in [0.25, 0.3) is 11.0 Å². The number of alkyl halides is 2. The van der Waals surface area contributed by atoms with Gasteiger partial charge in [0.2, 0.25) is 5.95 Å². The third kappa shape index (κ3) is 2.93. The molecule has 0 aliphatic carbocycles. The fraction of sp³-hybridized carbons (Fsp3) is 0.417. The number of rotatable bonds is 6. The first kappa shape index (κ1) is 13.5. The SMILES string of the molecule is COc1cccc2c1nc(N)n2CCOCC(F)F. The van der Waals surface area contributed by atoms with E-state index in [1.165, 1.54) is 0 Å². The van der Waals surface area contributed by atoms with Crippen molar-refractivity contribution in [1.29, 1.82) is 0 Å². The molecule has 0 radical (unpaired) electrons. The standard InChI is InChI=1S/C12H15F2N3O2/c1-18-9-4-2-3-8-11(9)16-12(15)17(8)5-6-19-7-10(13)14/h2-4,10H,5-7H2,1H3,(H2,15,16). The molecular formula is C12H15F2N3O2. The highest BCUT2D eigenvalue weighted by molar-refractivity contribution is 5.84. The van der Waals surface area contributed by atoms with Gasteiger partial charge in [-0.3, -0.25) is 0 Å². The van der Waals surface area contributed by atoms with E-state index >= 15 is 0 Å². The van der Waals surface area contributed by atoms with E-state index in [2.05, 4.69) is 4.98 Å². The summed E-state index contributed by atoms with van der Waals surface area (Å²) < 4.78 is 35.6. The van der Waals surface area contributed by atoms with Crippen molar-refractivity contribution in [1.82, 2.24) is 9.55 Å². The number of para-hydroxylation sites is 1. The van der Waals surface area contributed by atoms with Crippen molar-refractivity contribution in [2.24, 2.45) is 0 Å². The number of nitrogen functional groups attached to an aromatic ring is 1. The fourth-order valence-corrected chi connectivity index (χ4v) is 1.87. The van der Waals surface area contributed by atoms with E-state index in [1.807, 2.05) is 12.1 Å². The molecular weight excluding hydrogens is 256 g/mol. The average molecular weight is 271 g/mol. The molecule has 1 heterocycles. The number of halogens is 2. The zero-order chi connectivity index (χ0) is 13.8. The van der Waals surface area contributed by atoms with Crippen molar-refractivity contribution in [3.8, 4) is 5.75 Å². The van der Waals surface area contributed by atoms with Crippen LogP contribution in [0.2, 0.25) is 0 Å². The summed E-state index contributed by atoms with van der Waals surface area (Å²) in [4.78, 5) is 4.21. The Morgan fingerprint density at radius 2 is 2.21 bits per heavy atom. The number of ether oxygens (including phenoxy) is 2. The number of nitrogens with zero attached hydrogens (tertiary/aromatic N) is 2. The molecule has 0 aliphatic heterocycles. The van der Waals surface area contributed by atoms with E-state index < -0.39 is 13.0 Å². The van der Waals surface area contributed by atoms with Gasteiger partial charge in [-0.05, 0) is 12.1 Å². The van der Waals surface area contributed by atoms with Crippen LogP contribution in [-0.2, 0) is 11.3 Å². The summed E-state index contributed by atoms with van der Waals surface area (Å²) in [6, 6.07) is 5.44. The monoisotopic (exact) mass is 271 g/mol. The molecule has 104 valence electrons. The van der Waals surface area contributed by atoms with E-state index in [-0.39, 0.29) is 6.61 Å². The van der Waals surface area contributed by atoms with Crippen LogP contribution in [0.4, 0.5) is 14.7 Å². The Kier molecular flexibility index (Phi) is 4.16. The molecule has 19 heavy (non-hydrogen) atoms. The third-order valence-electron chi connectivity index (χ3n) is 2.69. The van der Waals surface area contributed by atoms with Gasteiger partial charge >= 0.3 is 0 Å². The summed E-state index contributed by atoms with van der Waals surface area (Å²) in [5, 5.41) is 0. The quantitative estimate of drug-likeness (QED) is 0.815. The number of imidazole rings is 1. The lowest BCUT2D eigenvalue weighted by atomic mass is 10.3. The van der Waals surface area contributed by atoms with Crippen molar-refractivity contribution in [2.75, 3.05) is 26.1 Å². The lowest BCUT2D eigenvalue weighted by molar-refractivity contribution is 0.0151. The van der Waals surface area contributed by atoms with E-state index in [0.29, 0.717) is 23.8 Å². The van der Waals surface area contributed by atoms with Crippen LogP contribution in [0.3, 0.4) is 0 Å². The zero-order valence-corrected chi connectivity index (χ0v) is 10.5. The maximum atomic E-state index is 11.9. The van der Waals surface area contributed by atoms with Crippen LogP contribution < -0.4 is 10.5 Å².